The number of hydrogen-bond donors (Lipinski definition) is 1. The van der Waals surface area contributed by atoms with E-state index in [1.807, 2.05) is 19.1 Å². The van der Waals surface area contributed by atoms with Gasteiger partial charge in [0.05, 0.1) is 0 Å². The van der Waals surface area contributed by atoms with Gasteiger partial charge < -0.3 is 19.5 Å². The number of benzene rings is 2. The number of amides is 1. The summed E-state index contributed by atoms with van der Waals surface area (Å²) in [4.78, 5) is 23.9. The quantitative estimate of drug-likeness (QED) is 0.471. The molecule has 0 atom stereocenters. The number of nitriles is 1. The molecule has 142 valence electrons. The second-order valence-corrected chi connectivity index (χ2v) is 6.12. The zero-order valence-electron chi connectivity index (χ0n) is 15.2. The maximum atomic E-state index is 12.0. The predicted octanol–water partition coefficient (Wildman–Crippen LogP) is 2.49. The summed E-state index contributed by atoms with van der Waals surface area (Å²) < 4.78 is 15.4. The van der Waals surface area contributed by atoms with Gasteiger partial charge in [0, 0.05) is 6.54 Å². The van der Waals surface area contributed by atoms with E-state index in [4.69, 9.17) is 19.5 Å². The van der Waals surface area contributed by atoms with Gasteiger partial charge in [0.25, 0.3) is 5.91 Å². The SMILES string of the molecule is Cc1ccc(/C=C(\C#N)C(=O)OCC(=O)NCc2ccc3c(c2)OCO3)cc1. The summed E-state index contributed by atoms with van der Waals surface area (Å²) in [6.45, 7) is 1.89. The Bertz CT molecular complexity index is 958. The highest BCUT2D eigenvalue weighted by atomic mass is 16.7. The molecule has 1 aliphatic heterocycles. The number of hydrogen-bond acceptors (Lipinski definition) is 6. The van der Waals surface area contributed by atoms with Crippen LogP contribution in [0, 0.1) is 18.3 Å². The largest absolute Gasteiger partial charge is 0.454 e. The molecule has 0 unspecified atom stereocenters. The third-order valence-corrected chi connectivity index (χ3v) is 3.99. The summed E-state index contributed by atoms with van der Waals surface area (Å²) >= 11 is 0. The first-order chi connectivity index (χ1) is 13.5. The Morgan fingerprint density at radius 3 is 2.68 bits per heavy atom. The van der Waals surface area contributed by atoms with Crippen LogP contribution in [-0.2, 0) is 20.9 Å². The highest BCUT2D eigenvalue weighted by molar-refractivity contribution is 5.98. The lowest BCUT2D eigenvalue weighted by molar-refractivity contribution is -0.144. The molecule has 0 aliphatic carbocycles. The number of fused-ring (bicyclic) bond motifs is 1. The summed E-state index contributed by atoms with van der Waals surface area (Å²) in [5.74, 6) is -0.0357. The Balaban J connectivity index is 1.49. The fourth-order valence-electron chi connectivity index (χ4n) is 2.48. The summed E-state index contributed by atoms with van der Waals surface area (Å²) in [6, 6.07) is 14.5. The van der Waals surface area contributed by atoms with Crippen LogP contribution in [0.3, 0.4) is 0 Å². The lowest BCUT2D eigenvalue weighted by Gasteiger charge is -2.07. The van der Waals surface area contributed by atoms with Gasteiger partial charge in [-0.25, -0.2) is 4.79 Å². The summed E-state index contributed by atoms with van der Waals surface area (Å²) in [7, 11) is 0. The minimum Gasteiger partial charge on any atom is -0.454 e. The minimum atomic E-state index is -0.846. The molecule has 0 radical (unpaired) electrons. The molecule has 1 heterocycles. The van der Waals surface area contributed by atoms with E-state index in [0.29, 0.717) is 17.1 Å². The van der Waals surface area contributed by atoms with Crippen LogP contribution in [0.5, 0.6) is 11.5 Å². The highest BCUT2D eigenvalue weighted by Gasteiger charge is 2.15. The topological polar surface area (TPSA) is 97.7 Å². The predicted molar refractivity (Wildman–Crippen MR) is 100 cm³/mol. The molecule has 3 rings (SSSR count). The molecule has 28 heavy (non-hydrogen) atoms. The number of nitrogens with zero attached hydrogens (tertiary/aromatic N) is 1. The van der Waals surface area contributed by atoms with Gasteiger partial charge in [0.2, 0.25) is 6.79 Å². The molecule has 0 fully saturated rings. The van der Waals surface area contributed by atoms with Crippen molar-refractivity contribution in [3.63, 3.8) is 0 Å². The zero-order chi connectivity index (χ0) is 19.9. The van der Waals surface area contributed by atoms with E-state index in [1.54, 1.807) is 36.4 Å². The Labute approximate surface area is 162 Å². The number of carbonyl (C=O) groups is 2. The molecule has 1 aliphatic rings. The van der Waals surface area contributed by atoms with Crippen LogP contribution < -0.4 is 14.8 Å². The van der Waals surface area contributed by atoms with Crippen LogP contribution in [0.4, 0.5) is 0 Å². The Hall–Kier alpha value is -3.79. The van der Waals surface area contributed by atoms with E-state index >= 15 is 0 Å². The van der Waals surface area contributed by atoms with Gasteiger partial charge in [-0.05, 0) is 36.3 Å². The van der Waals surface area contributed by atoms with E-state index in [1.165, 1.54) is 6.08 Å². The first-order valence-corrected chi connectivity index (χ1v) is 8.56. The van der Waals surface area contributed by atoms with Gasteiger partial charge in [-0.3, -0.25) is 4.79 Å². The smallest absolute Gasteiger partial charge is 0.349 e. The van der Waals surface area contributed by atoms with E-state index in [0.717, 1.165) is 11.1 Å². The fourth-order valence-corrected chi connectivity index (χ4v) is 2.48. The van der Waals surface area contributed by atoms with E-state index in [9.17, 15) is 9.59 Å². The van der Waals surface area contributed by atoms with Crippen LogP contribution in [0.2, 0.25) is 0 Å². The lowest BCUT2D eigenvalue weighted by Crippen LogP contribution is -2.28. The molecule has 1 amide bonds. The number of aryl methyl sites for hydroxylation is 1. The van der Waals surface area contributed by atoms with Crippen LogP contribution in [-0.4, -0.2) is 25.3 Å². The Morgan fingerprint density at radius 1 is 1.18 bits per heavy atom. The van der Waals surface area contributed by atoms with Crippen molar-refractivity contribution in [2.45, 2.75) is 13.5 Å². The Morgan fingerprint density at radius 2 is 1.93 bits per heavy atom. The molecule has 2 aromatic rings. The number of carbonyl (C=O) groups excluding carboxylic acids is 2. The molecule has 0 saturated heterocycles. The average Bonchev–Trinajstić information content (AvgIpc) is 3.18. The van der Waals surface area contributed by atoms with Gasteiger partial charge in [-0.1, -0.05) is 35.9 Å². The number of rotatable bonds is 6. The molecule has 1 N–H and O–H groups in total. The minimum absolute atomic E-state index is 0.174. The Kier molecular flexibility index (Phi) is 5.92. The van der Waals surface area contributed by atoms with Crippen molar-refractivity contribution in [2.75, 3.05) is 13.4 Å². The van der Waals surface area contributed by atoms with Gasteiger partial charge >= 0.3 is 5.97 Å². The van der Waals surface area contributed by atoms with Crippen molar-refractivity contribution >= 4 is 18.0 Å². The molecule has 0 aromatic heterocycles. The van der Waals surface area contributed by atoms with Crippen molar-refractivity contribution in [3.8, 4) is 17.6 Å². The lowest BCUT2D eigenvalue weighted by atomic mass is 10.1. The molecular weight excluding hydrogens is 360 g/mol. The molecule has 7 heteroatoms. The van der Waals surface area contributed by atoms with Gasteiger partial charge in [0.15, 0.2) is 18.1 Å². The fraction of sp³-hybridized carbons (Fsp3) is 0.190. The monoisotopic (exact) mass is 378 g/mol. The van der Waals surface area contributed by atoms with E-state index in [2.05, 4.69) is 5.32 Å². The molecule has 0 spiro atoms. The van der Waals surface area contributed by atoms with Crippen molar-refractivity contribution in [1.82, 2.24) is 5.32 Å². The third kappa shape index (κ3) is 4.89. The van der Waals surface area contributed by atoms with E-state index < -0.39 is 18.5 Å². The number of esters is 1. The summed E-state index contributed by atoms with van der Waals surface area (Å²) in [5.41, 5.74) is 2.41. The molecule has 0 saturated carbocycles. The summed E-state index contributed by atoms with van der Waals surface area (Å²) in [5, 5.41) is 11.8. The zero-order valence-corrected chi connectivity index (χ0v) is 15.2. The number of nitrogens with one attached hydrogen (secondary N) is 1. The van der Waals surface area contributed by atoms with Gasteiger partial charge in [-0.15, -0.1) is 0 Å². The first-order valence-electron chi connectivity index (χ1n) is 8.56. The van der Waals surface area contributed by atoms with Gasteiger partial charge in [-0.2, -0.15) is 5.26 Å². The molecule has 0 bridgehead atoms. The maximum Gasteiger partial charge on any atom is 0.349 e. The summed E-state index contributed by atoms with van der Waals surface area (Å²) in [6.07, 6.45) is 1.42. The first kappa shape index (κ1) is 19.0. The van der Waals surface area contributed by atoms with Crippen molar-refractivity contribution in [3.05, 3.63) is 64.7 Å². The number of ether oxygens (including phenoxy) is 3. The van der Waals surface area contributed by atoms with Crippen molar-refractivity contribution in [2.24, 2.45) is 0 Å². The van der Waals surface area contributed by atoms with Crippen molar-refractivity contribution < 1.29 is 23.8 Å². The standard InChI is InChI=1S/C21H18N2O5/c1-14-2-4-15(5-3-14)8-17(10-22)21(25)26-12-20(24)23-11-16-6-7-18-19(9-16)28-13-27-18/h2-9H,11-13H2,1H3,(H,23,24)/b17-8+. The van der Waals surface area contributed by atoms with Crippen LogP contribution in [0.1, 0.15) is 16.7 Å². The highest BCUT2D eigenvalue weighted by Crippen LogP contribution is 2.32. The van der Waals surface area contributed by atoms with Crippen LogP contribution in [0.15, 0.2) is 48.0 Å². The van der Waals surface area contributed by atoms with Crippen molar-refractivity contribution in [1.29, 1.82) is 5.26 Å². The molecule has 7 nitrogen and oxygen atoms in total. The molecule has 2 aromatic carbocycles. The normalized spacial score (nSPS) is 12.2. The average molecular weight is 378 g/mol. The maximum absolute atomic E-state index is 12.0. The second kappa shape index (κ2) is 8.73. The van der Waals surface area contributed by atoms with Crippen LogP contribution in [0.25, 0.3) is 6.08 Å². The van der Waals surface area contributed by atoms with Gasteiger partial charge in [0.1, 0.15) is 11.6 Å². The molecular formula is C21H18N2O5. The van der Waals surface area contributed by atoms with E-state index in [-0.39, 0.29) is 18.9 Å². The third-order valence-electron chi connectivity index (χ3n) is 3.99. The second-order valence-electron chi connectivity index (χ2n) is 6.12. The van der Waals surface area contributed by atoms with Crippen LogP contribution >= 0.6 is 0 Å².